The summed E-state index contributed by atoms with van der Waals surface area (Å²) in [6, 6.07) is 1.55. The van der Waals surface area contributed by atoms with Crippen molar-refractivity contribution in [1.82, 2.24) is 15.8 Å². The maximum absolute atomic E-state index is 11.9. The highest BCUT2D eigenvalue weighted by Crippen LogP contribution is 2.22. The van der Waals surface area contributed by atoms with Gasteiger partial charge in [-0.3, -0.25) is 9.59 Å². The summed E-state index contributed by atoms with van der Waals surface area (Å²) in [4.78, 5) is 22.0. The van der Waals surface area contributed by atoms with Crippen LogP contribution in [-0.2, 0) is 11.3 Å². The number of rotatable bonds is 7. The zero-order chi connectivity index (χ0) is 19.6. The summed E-state index contributed by atoms with van der Waals surface area (Å²) in [5.41, 5.74) is 5.29. The van der Waals surface area contributed by atoms with Gasteiger partial charge in [-0.05, 0) is 31.7 Å². The molecule has 0 aromatic carbocycles. The maximum atomic E-state index is 11.9. The molecule has 2 rings (SSSR count). The van der Waals surface area contributed by atoms with Crippen LogP contribution in [0, 0.1) is 5.92 Å². The van der Waals surface area contributed by atoms with Crippen molar-refractivity contribution in [3.8, 4) is 0 Å². The minimum absolute atomic E-state index is 0.216. The average molecular weight is 369 g/mol. The fourth-order valence-corrected chi connectivity index (χ4v) is 2.36. The Balaban J connectivity index is 0.000000770. The summed E-state index contributed by atoms with van der Waals surface area (Å²) >= 11 is 0. The highest BCUT2D eigenvalue weighted by atomic mass is 16.5. The Labute approximate surface area is 157 Å². The second-order valence-corrected chi connectivity index (χ2v) is 6.39. The number of amides is 2. The van der Waals surface area contributed by atoms with Crippen LogP contribution in [0.25, 0.3) is 0 Å². The predicted molar refractivity (Wildman–Crippen MR) is 104 cm³/mol. The standard InChI is InChI=1S/C13H19N3O3.C3H9N.C3H8/c17-9-14-8-11-6-12(16-19-11)13(18)15-7-10-4-2-1-3-5-10;1-2-3-4;1-3-2/h6,9-10H,1-5,7-8H2,(H,14,17)(H,15,18);2-4H2,1H3;3H2,1-2H3. The lowest BCUT2D eigenvalue weighted by Crippen LogP contribution is -2.30. The van der Waals surface area contributed by atoms with Crippen molar-refractivity contribution in [3.63, 3.8) is 0 Å². The van der Waals surface area contributed by atoms with Gasteiger partial charge in [0.2, 0.25) is 6.41 Å². The monoisotopic (exact) mass is 368 g/mol. The molecule has 0 aliphatic heterocycles. The van der Waals surface area contributed by atoms with Gasteiger partial charge in [0.25, 0.3) is 5.91 Å². The number of hydrogen-bond donors (Lipinski definition) is 3. The van der Waals surface area contributed by atoms with E-state index < -0.39 is 0 Å². The van der Waals surface area contributed by atoms with Crippen molar-refractivity contribution in [3.05, 3.63) is 17.5 Å². The van der Waals surface area contributed by atoms with Gasteiger partial charge >= 0.3 is 0 Å². The van der Waals surface area contributed by atoms with Gasteiger partial charge in [0.15, 0.2) is 11.5 Å². The molecule has 1 aromatic heterocycles. The molecule has 150 valence electrons. The predicted octanol–water partition coefficient (Wildman–Crippen LogP) is 3.00. The van der Waals surface area contributed by atoms with Gasteiger partial charge in [0.05, 0.1) is 6.54 Å². The third kappa shape index (κ3) is 11.6. The molecular weight excluding hydrogens is 332 g/mol. The molecule has 1 saturated carbocycles. The van der Waals surface area contributed by atoms with E-state index in [4.69, 9.17) is 10.3 Å². The van der Waals surface area contributed by atoms with Crippen LogP contribution in [-0.4, -0.2) is 30.6 Å². The molecule has 4 N–H and O–H groups in total. The number of aromatic nitrogens is 1. The minimum atomic E-state index is -0.216. The number of carbonyl (C=O) groups excluding carboxylic acids is 2. The molecule has 0 atom stereocenters. The molecule has 7 nitrogen and oxygen atoms in total. The number of nitrogens with zero attached hydrogens (tertiary/aromatic N) is 1. The molecule has 1 aliphatic carbocycles. The lowest BCUT2D eigenvalue weighted by molar-refractivity contribution is -0.109. The molecule has 0 saturated heterocycles. The van der Waals surface area contributed by atoms with Gasteiger partial charge < -0.3 is 20.9 Å². The summed E-state index contributed by atoms with van der Waals surface area (Å²) in [6.45, 7) is 8.07. The van der Waals surface area contributed by atoms with E-state index in [9.17, 15) is 9.59 Å². The van der Waals surface area contributed by atoms with Crippen LogP contribution >= 0.6 is 0 Å². The van der Waals surface area contributed by atoms with Crippen LogP contribution < -0.4 is 16.4 Å². The zero-order valence-electron chi connectivity index (χ0n) is 16.6. The molecule has 1 heterocycles. The van der Waals surface area contributed by atoms with Crippen LogP contribution in [0.2, 0.25) is 0 Å². The lowest BCUT2D eigenvalue weighted by Gasteiger charge is -2.21. The quantitative estimate of drug-likeness (QED) is 0.641. The Morgan fingerprint density at radius 2 is 1.92 bits per heavy atom. The van der Waals surface area contributed by atoms with E-state index in [0.717, 1.165) is 13.0 Å². The van der Waals surface area contributed by atoms with Gasteiger partial charge in [0, 0.05) is 12.6 Å². The topological polar surface area (TPSA) is 110 Å². The van der Waals surface area contributed by atoms with Crippen molar-refractivity contribution in [2.45, 2.75) is 72.3 Å². The third-order valence-electron chi connectivity index (χ3n) is 3.72. The Morgan fingerprint density at radius 1 is 1.31 bits per heavy atom. The number of nitrogens with one attached hydrogen (secondary N) is 2. The van der Waals surface area contributed by atoms with Gasteiger partial charge in [-0.1, -0.05) is 51.6 Å². The molecule has 0 bridgehead atoms. The SMILES string of the molecule is CCC.CCCN.O=CNCc1cc(C(=O)NCC2CCCCC2)no1. The summed E-state index contributed by atoms with van der Waals surface area (Å²) in [6.07, 6.45) is 9.12. The van der Waals surface area contributed by atoms with Crippen molar-refractivity contribution < 1.29 is 14.1 Å². The first kappa shape index (κ1) is 24.1. The summed E-state index contributed by atoms with van der Waals surface area (Å²) in [5, 5.41) is 9.03. The molecule has 0 spiro atoms. The van der Waals surface area contributed by atoms with Crippen LogP contribution in [0.5, 0.6) is 0 Å². The number of hydrogen-bond acceptors (Lipinski definition) is 5. The Bertz CT molecular complexity index is 469. The third-order valence-corrected chi connectivity index (χ3v) is 3.72. The molecule has 1 aliphatic rings. The number of carbonyl (C=O) groups is 2. The van der Waals surface area contributed by atoms with Crippen LogP contribution in [0.1, 0.15) is 82.0 Å². The van der Waals surface area contributed by atoms with E-state index in [1.165, 1.54) is 38.5 Å². The van der Waals surface area contributed by atoms with E-state index in [1.54, 1.807) is 6.07 Å². The largest absolute Gasteiger partial charge is 0.359 e. The van der Waals surface area contributed by atoms with E-state index in [2.05, 4.69) is 36.6 Å². The Hall–Kier alpha value is -1.89. The fraction of sp³-hybridized carbons (Fsp3) is 0.737. The van der Waals surface area contributed by atoms with Crippen LogP contribution in [0.3, 0.4) is 0 Å². The summed E-state index contributed by atoms with van der Waals surface area (Å²) in [7, 11) is 0. The minimum Gasteiger partial charge on any atom is -0.359 e. The Kier molecular flexibility index (Phi) is 15.4. The smallest absolute Gasteiger partial charge is 0.273 e. The number of nitrogens with two attached hydrogens (primary N) is 1. The summed E-state index contributed by atoms with van der Waals surface area (Å²) in [5.74, 6) is 0.836. The van der Waals surface area contributed by atoms with E-state index in [0.29, 0.717) is 24.6 Å². The van der Waals surface area contributed by atoms with Gasteiger partial charge in [-0.25, -0.2) is 0 Å². The van der Waals surface area contributed by atoms with Gasteiger partial charge in [0.1, 0.15) is 0 Å². The molecule has 0 radical (unpaired) electrons. The maximum Gasteiger partial charge on any atom is 0.273 e. The van der Waals surface area contributed by atoms with Crippen LogP contribution in [0.15, 0.2) is 10.6 Å². The van der Waals surface area contributed by atoms with E-state index in [-0.39, 0.29) is 18.1 Å². The van der Waals surface area contributed by atoms with Gasteiger partial charge in [-0.15, -0.1) is 0 Å². The molecule has 7 heteroatoms. The highest BCUT2D eigenvalue weighted by molar-refractivity contribution is 5.92. The first-order valence-electron chi connectivity index (χ1n) is 9.73. The molecule has 2 amide bonds. The van der Waals surface area contributed by atoms with Crippen molar-refractivity contribution in [1.29, 1.82) is 0 Å². The fourth-order valence-electron chi connectivity index (χ4n) is 2.36. The van der Waals surface area contributed by atoms with Crippen molar-refractivity contribution in [2.24, 2.45) is 11.7 Å². The molecule has 1 aromatic rings. The van der Waals surface area contributed by atoms with E-state index in [1.807, 2.05) is 0 Å². The zero-order valence-corrected chi connectivity index (χ0v) is 16.6. The first-order chi connectivity index (χ1) is 12.6. The molecule has 0 unspecified atom stereocenters. The Morgan fingerprint density at radius 3 is 2.46 bits per heavy atom. The molecule has 1 fully saturated rings. The highest BCUT2D eigenvalue weighted by Gasteiger charge is 2.16. The van der Waals surface area contributed by atoms with Crippen LogP contribution in [0.4, 0.5) is 0 Å². The summed E-state index contributed by atoms with van der Waals surface area (Å²) < 4.78 is 4.95. The van der Waals surface area contributed by atoms with Gasteiger partial charge in [-0.2, -0.15) is 0 Å². The molecular formula is C19H36N4O3. The van der Waals surface area contributed by atoms with E-state index >= 15 is 0 Å². The van der Waals surface area contributed by atoms with Crippen molar-refractivity contribution in [2.75, 3.05) is 13.1 Å². The second kappa shape index (κ2) is 16.6. The van der Waals surface area contributed by atoms with Crippen molar-refractivity contribution >= 4 is 12.3 Å². The first-order valence-corrected chi connectivity index (χ1v) is 9.73. The second-order valence-electron chi connectivity index (χ2n) is 6.39. The molecule has 26 heavy (non-hydrogen) atoms. The normalized spacial score (nSPS) is 13.5. The lowest BCUT2D eigenvalue weighted by atomic mass is 9.89. The average Bonchev–Trinajstić information content (AvgIpc) is 3.15.